The molecule has 0 spiro atoms. The molecule has 0 radical (unpaired) electrons. The number of carbonyl (C=O) groups is 1. The first-order chi connectivity index (χ1) is 7.77. The minimum atomic E-state index is -3.91. The van der Waals surface area contributed by atoms with E-state index in [0.29, 0.717) is 4.47 Å². The number of hydrogen-bond acceptors (Lipinski definition) is 4. The molecule has 0 saturated carbocycles. The van der Waals surface area contributed by atoms with Crippen LogP contribution in [0, 0.1) is 0 Å². The highest BCUT2D eigenvalue weighted by Gasteiger charge is 2.21. The molecule has 5 nitrogen and oxygen atoms in total. The van der Waals surface area contributed by atoms with Crippen molar-refractivity contribution in [3.8, 4) is 0 Å². The molecule has 1 aromatic carbocycles. The summed E-state index contributed by atoms with van der Waals surface area (Å²) in [7, 11) is -3.91. The van der Waals surface area contributed by atoms with Crippen molar-refractivity contribution in [3.05, 3.63) is 26.6 Å². The van der Waals surface area contributed by atoms with Gasteiger partial charge in [0.1, 0.15) is 0 Å². The van der Waals surface area contributed by atoms with Gasteiger partial charge in [0.15, 0.2) is 0 Å². The first-order valence-electron chi connectivity index (χ1n) is 4.46. The normalized spacial score (nSPS) is 11.3. The van der Waals surface area contributed by atoms with E-state index in [1.807, 2.05) is 0 Å². The van der Waals surface area contributed by atoms with Crippen LogP contribution in [0.4, 0.5) is 0 Å². The zero-order chi connectivity index (χ0) is 13.2. The molecule has 0 amide bonds. The van der Waals surface area contributed by atoms with Gasteiger partial charge in [0.05, 0.1) is 21.5 Å². The van der Waals surface area contributed by atoms with E-state index >= 15 is 0 Å². The predicted octanol–water partition coefficient (Wildman–Crippen LogP) is 2.04. The molecular formula is C9H9Br2NO4S. The van der Waals surface area contributed by atoms with Gasteiger partial charge in [-0.1, -0.05) is 15.9 Å². The Bertz CT molecular complexity index is 556. The molecule has 8 heteroatoms. The summed E-state index contributed by atoms with van der Waals surface area (Å²) in [4.78, 5) is 11.4. The number of esters is 1. The fourth-order valence-corrected chi connectivity index (χ4v) is 3.46. The second-order valence-electron chi connectivity index (χ2n) is 3.03. The summed E-state index contributed by atoms with van der Waals surface area (Å²) in [5, 5.41) is 5.04. The Labute approximate surface area is 116 Å². The topological polar surface area (TPSA) is 86.5 Å². The molecule has 0 aliphatic carbocycles. The van der Waals surface area contributed by atoms with Crippen LogP contribution >= 0.6 is 31.9 Å². The maximum atomic E-state index is 11.6. The highest BCUT2D eigenvalue weighted by molar-refractivity contribution is 9.11. The molecule has 2 N–H and O–H groups in total. The van der Waals surface area contributed by atoms with Crippen molar-refractivity contribution in [2.45, 2.75) is 11.8 Å². The largest absolute Gasteiger partial charge is 0.462 e. The smallest absolute Gasteiger partial charge is 0.339 e. The predicted molar refractivity (Wildman–Crippen MR) is 69.2 cm³/mol. The molecule has 0 fully saturated rings. The molecule has 0 aromatic heterocycles. The van der Waals surface area contributed by atoms with Crippen molar-refractivity contribution in [2.75, 3.05) is 6.61 Å². The van der Waals surface area contributed by atoms with Crippen LogP contribution in [-0.2, 0) is 14.8 Å². The first kappa shape index (κ1) is 14.6. The van der Waals surface area contributed by atoms with E-state index in [1.165, 1.54) is 12.1 Å². The third-order valence-corrected chi connectivity index (χ3v) is 4.32. The third kappa shape index (κ3) is 3.51. The van der Waals surface area contributed by atoms with Crippen molar-refractivity contribution in [3.63, 3.8) is 0 Å². The van der Waals surface area contributed by atoms with Gasteiger partial charge in [0.2, 0.25) is 10.0 Å². The summed E-state index contributed by atoms with van der Waals surface area (Å²) in [5.74, 6) is -0.620. The third-order valence-electron chi connectivity index (χ3n) is 1.81. The van der Waals surface area contributed by atoms with E-state index in [9.17, 15) is 13.2 Å². The molecule has 1 rings (SSSR count). The number of benzene rings is 1. The average Bonchev–Trinajstić information content (AvgIpc) is 2.19. The lowest BCUT2D eigenvalue weighted by Gasteiger charge is -2.08. The maximum absolute atomic E-state index is 11.6. The molecule has 0 saturated heterocycles. The Hall–Kier alpha value is -0.440. The second-order valence-corrected chi connectivity index (χ2v) is 6.27. The highest BCUT2D eigenvalue weighted by Crippen LogP contribution is 2.29. The van der Waals surface area contributed by atoms with Gasteiger partial charge in [-0.2, -0.15) is 0 Å². The minimum absolute atomic E-state index is 0.0988. The van der Waals surface area contributed by atoms with E-state index in [-0.39, 0.29) is 21.5 Å². The zero-order valence-corrected chi connectivity index (χ0v) is 12.7. The summed E-state index contributed by atoms with van der Waals surface area (Å²) < 4.78 is 28.0. The number of halogens is 2. The Morgan fingerprint density at radius 1 is 1.41 bits per heavy atom. The van der Waals surface area contributed by atoms with Crippen LogP contribution in [0.25, 0.3) is 0 Å². The summed E-state index contributed by atoms with van der Waals surface area (Å²) in [6.45, 7) is 1.85. The number of sulfonamides is 1. The SMILES string of the molecule is CCOC(=O)c1cc(Br)cc(S(N)(=O)=O)c1Br. The van der Waals surface area contributed by atoms with Crippen molar-refractivity contribution < 1.29 is 17.9 Å². The number of hydrogen-bond donors (Lipinski definition) is 1. The summed E-state index contributed by atoms with van der Waals surface area (Å²) in [6, 6.07) is 2.76. The Balaban J connectivity index is 3.44. The molecule has 0 aliphatic rings. The Kier molecular flexibility index (Phi) is 4.70. The van der Waals surface area contributed by atoms with Gasteiger partial charge in [-0.15, -0.1) is 0 Å². The van der Waals surface area contributed by atoms with E-state index in [2.05, 4.69) is 31.9 Å². The molecule has 0 atom stereocenters. The minimum Gasteiger partial charge on any atom is -0.462 e. The lowest BCUT2D eigenvalue weighted by atomic mass is 10.2. The molecule has 0 heterocycles. The maximum Gasteiger partial charge on any atom is 0.339 e. The summed E-state index contributed by atoms with van der Waals surface area (Å²) >= 11 is 6.15. The Morgan fingerprint density at radius 2 is 2.00 bits per heavy atom. The van der Waals surface area contributed by atoms with Gasteiger partial charge in [0, 0.05) is 4.47 Å². The lowest BCUT2D eigenvalue weighted by molar-refractivity contribution is 0.0525. The van der Waals surface area contributed by atoms with Crippen molar-refractivity contribution in [2.24, 2.45) is 5.14 Å². The van der Waals surface area contributed by atoms with Gasteiger partial charge in [0.25, 0.3) is 0 Å². The highest BCUT2D eigenvalue weighted by atomic mass is 79.9. The lowest BCUT2D eigenvalue weighted by Crippen LogP contribution is -2.15. The van der Waals surface area contributed by atoms with Crippen molar-refractivity contribution in [1.82, 2.24) is 0 Å². The first-order valence-corrected chi connectivity index (χ1v) is 7.59. The molecule has 0 unspecified atom stereocenters. The number of primary sulfonamides is 1. The second kappa shape index (κ2) is 5.47. The van der Waals surface area contributed by atoms with Crippen LogP contribution in [0.2, 0.25) is 0 Å². The molecule has 1 aromatic rings. The van der Waals surface area contributed by atoms with Crippen molar-refractivity contribution >= 4 is 47.9 Å². The van der Waals surface area contributed by atoms with Gasteiger partial charge < -0.3 is 4.74 Å². The monoisotopic (exact) mass is 385 g/mol. The molecule has 0 bridgehead atoms. The van der Waals surface area contributed by atoms with Crippen molar-refractivity contribution in [1.29, 1.82) is 0 Å². The van der Waals surface area contributed by atoms with Gasteiger partial charge >= 0.3 is 5.97 Å². The van der Waals surface area contributed by atoms with E-state index < -0.39 is 16.0 Å². The van der Waals surface area contributed by atoms with Crippen LogP contribution in [0.1, 0.15) is 17.3 Å². The fourth-order valence-electron chi connectivity index (χ4n) is 1.13. The van der Waals surface area contributed by atoms with Crippen LogP contribution < -0.4 is 5.14 Å². The molecular weight excluding hydrogens is 378 g/mol. The fraction of sp³-hybridized carbons (Fsp3) is 0.222. The molecule has 0 aliphatic heterocycles. The Morgan fingerprint density at radius 3 is 2.47 bits per heavy atom. The molecule has 94 valence electrons. The quantitative estimate of drug-likeness (QED) is 0.805. The summed E-state index contributed by atoms with van der Waals surface area (Å²) in [6.07, 6.45) is 0. The number of carbonyl (C=O) groups excluding carboxylic acids is 1. The summed E-state index contributed by atoms with van der Waals surface area (Å²) in [5.41, 5.74) is 0.102. The van der Waals surface area contributed by atoms with Gasteiger partial charge in [-0.3, -0.25) is 0 Å². The van der Waals surface area contributed by atoms with Crippen LogP contribution in [0.3, 0.4) is 0 Å². The van der Waals surface area contributed by atoms with Gasteiger partial charge in [-0.25, -0.2) is 18.4 Å². The number of rotatable bonds is 3. The zero-order valence-electron chi connectivity index (χ0n) is 8.74. The standard InChI is InChI=1S/C9H9Br2NO4S/c1-2-16-9(13)6-3-5(10)4-7(8(6)11)17(12,14)15/h3-4H,2H2,1H3,(H2,12,14,15). The number of nitrogens with two attached hydrogens (primary N) is 1. The molecule has 17 heavy (non-hydrogen) atoms. The van der Waals surface area contributed by atoms with Crippen LogP contribution in [0.5, 0.6) is 0 Å². The van der Waals surface area contributed by atoms with Crippen LogP contribution in [0.15, 0.2) is 26.0 Å². The van der Waals surface area contributed by atoms with E-state index in [4.69, 9.17) is 9.88 Å². The average molecular weight is 387 g/mol. The van der Waals surface area contributed by atoms with Crippen LogP contribution in [-0.4, -0.2) is 21.0 Å². The van der Waals surface area contributed by atoms with E-state index in [1.54, 1.807) is 6.92 Å². The van der Waals surface area contributed by atoms with E-state index in [0.717, 1.165) is 0 Å². The number of ether oxygens (including phenoxy) is 1. The van der Waals surface area contributed by atoms with Gasteiger partial charge in [-0.05, 0) is 35.0 Å².